The van der Waals surface area contributed by atoms with E-state index in [0.717, 1.165) is 20.8 Å². The van der Waals surface area contributed by atoms with Crippen LogP contribution in [-0.2, 0) is 0 Å². The van der Waals surface area contributed by atoms with Gasteiger partial charge in [0.05, 0.1) is 19.6 Å². The van der Waals surface area contributed by atoms with Crippen molar-refractivity contribution in [2.75, 3.05) is 26.2 Å². The molecule has 0 aromatic heterocycles. The van der Waals surface area contributed by atoms with Crippen LogP contribution in [0, 0.1) is 0 Å². The first-order valence-electron chi connectivity index (χ1n) is 8.07. The molecule has 0 rings (SSSR count). The van der Waals surface area contributed by atoms with E-state index in [0.29, 0.717) is 0 Å². The van der Waals surface area contributed by atoms with E-state index >= 15 is 0 Å². The standard InChI is InChI=1S/C14H17F15N/c1-4-30(5-2,6-3)7-8(15,16)9(17,18)10(19,20)11(21,22)12(23,24)13(25,26)14(27,28)29/h4-7H2,1-3H3/q+1. The number of quaternary nitrogens is 1. The van der Waals surface area contributed by atoms with Crippen LogP contribution in [-0.4, -0.2) is 72.4 Å². The van der Waals surface area contributed by atoms with E-state index in [-0.39, 0.29) is 0 Å². The summed E-state index contributed by atoms with van der Waals surface area (Å²) in [5, 5.41) is 0. The van der Waals surface area contributed by atoms with Gasteiger partial charge in [0.25, 0.3) is 0 Å². The topological polar surface area (TPSA) is 0 Å². The lowest BCUT2D eigenvalue weighted by Crippen LogP contribution is -2.74. The molecule has 0 atom stereocenters. The Hall–Kier alpha value is -1.09. The number of alkyl halides is 15. The zero-order valence-corrected chi connectivity index (χ0v) is 15.4. The van der Waals surface area contributed by atoms with E-state index in [1.54, 1.807) is 0 Å². The summed E-state index contributed by atoms with van der Waals surface area (Å²) in [5.41, 5.74) is 0. The normalized spacial score (nSPS) is 16.2. The van der Waals surface area contributed by atoms with Gasteiger partial charge in [-0.05, 0) is 20.8 Å². The molecule has 0 heterocycles. The summed E-state index contributed by atoms with van der Waals surface area (Å²) in [6, 6.07) is 0. The Labute approximate surface area is 160 Å². The van der Waals surface area contributed by atoms with Crippen molar-refractivity contribution in [2.45, 2.75) is 62.5 Å². The molecule has 0 aromatic carbocycles. The van der Waals surface area contributed by atoms with Crippen LogP contribution in [0.1, 0.15) is 20.8 Å². The zero-order chi connectivity index (χ0) is 24.8. The van der Waals surface area contributed by atoms with Crippen molar-refractivity contribution in [2.24, 2.45) is 0 Å². The molecule has 0 aliphatic rings. The summed E-state index contributed by atoms with van der Waals surface area (Å²) in [7, 11) is 0. The van der Waals surface area contributed by atoms with Crippen LogP contribution in [0.3, 0.4) is 0 Å². The molecule has 0 saturated carbocycles. The minimum absolute atomic E-state index is 0.442. The predicted molar refractivity (Wildman–Crippen MR) is 72.5 cm³/mol. The largest absolute Gasteiger partial charge is 0.460 e. The lowest BCUT2D eigenvalue weighted by molar-refractivity contribution is -0.931. The second kappa shape index (κ2) is 7.80. The van der Waals surface area contributed by atoms with Crippen molar-refractivity contribution in [1.29, 1.82) is 0 Å². The summed E-state index contributed by atoms with van der Waals surface area (Å²) in [6.07, 6.45) is -7.59. The van der Waals surface area contributed by atoms with Gasteiger partial charge in [-0.15, -0.1) is 0 Å². The van der Waals surface area contributed by atoms with E-state index in [1.165, 1.54) is 0 Å². The smallest absolute Gasteiger partial charge is 0.319 e. The number of rotatable bonds is 10. The molecule has 1 nitrogen and oxygen atoms in total. The van der Waals surface area contributed by atoms with E-state index in [9.17, 15) is 65.9 Å². The van der Waals surface area contributed by atoms with Crippen LogP contribution in [0.4, 0.5) is 65.9 Å². The van der Waals surface area contributed by atoms with Gasteiger partial charge in [-0.25, -0.2) is 0 Å². The number of nitrogens with zero attached hydrogens (tertiary/aromatic N) is 1. The molecule has 0 aliphatic carbocycles. The van der Waals surface area contributed by atoms with Crippen LogP contribution in [0.25, 0.3) is 0 Å². The molecule has 182 valence electrons. The third-order valence-corrected chi connectivity index (χ3v) is 4.94. The summed E-state index contributed by atoms with van der Waals surface area (Å²) in [5.74, 6) is -46.0. The van der Waals surface area contributed by atoms with Crippen molar-refractivity contribution < 1.29 is 70.3 Å². The van der Waals surface area contributed by atoms with Crippen LogP contribution >= 0.6 is 0 Å². The highest BCUT2D eigenvalue weighted by molar-refractivity contribution is 5.13. The fourth-order valence-electron chi connectivity index (χ4n) is 2.53. The van der Waals surface area contributed by atoms with Crippen molar-refractivity contribution >= 4 is 0 Å². The summed E-state index contributed by atoms with van der Waals surface area (Å²) in [4.78, 5) is 0. The number of hydrogen-bond donors (Lipinski definition) is 0. The molecular weight excluding hydrogens is 467 g/mol. The fraction of sp³-hybridized carbons (Fsp3) is 1.00. The highest BCUT2D eigenvalue weighted by atomic mass is 19.4. The van der Waals surface area contributed by atoms with E-state index in [1.807, 2.05) is 0 Å². The average molecular weight is 484 g/mol. The minimum Gasteiger partial charge on any atom is -0.319 e. The maximum atomic E-state index is 14.0. The highest BCUT2D eigenvalue weighted by Crippen LogP contribution is 2.62. The van der Waals surface area contributed by atoms with Crippen LogP contribution in [0.15, 0.2) is 0 Å². The Morgan fingerprint density at radius 1 is 0.433 bits per heavy atom. The summed E-state index contributed by atoms with van der Waals surface area (Å²) >= 11 is 0. The van der Waals surface area contributed by atoms with E-state index in [2.05, 4.69) is 0 Å². The van der Waals surface area contributed by atoms with Crippen molar-refractivity contribution in [3.05, 3.63) is 0 Å². The van der Waals surface area contributed by atoms with E-state index < -0.39 is 72.4 Å². The second-order valence-electron chi connectivity index (χ2n) is 6.52. The average Bonchev–Trinajstić information content (AvgIpc) is 2.57. The Morgan fingerprint density at radius 3 is 0.967 bits per heavy atom. The Kier molecular flexibility index (Phi) is 7.51. The fourth-order valence-corrected chi connectivity index (χ4v) is 2.53. The third kappa shape index (κ3) is 3.92. The highest BCUT2D eigenvalue weighted by Gasteiger charge is 2.93. The van der Waals surface area contributed by atoms with E-state index in [4.69, 9.17) is 0 Å². The van der Waals surface area contributed by atoms with Crippen LogP contribution in [0.2, 0.25) is 0 Å². The summed E-state index contributed by atoms with van der Waals surface area (Å²) in [6.45, 7) is -0.283. The first kappa shape index (κ1) is 28.9. The minimum atomic E-state index is -8.23. The molecule has 30 heavy (non-hydrogen) atoms. The van der Waals surface area contributed by atoms with Crippen LogP contribution in [0.5, 0.6) is 0 Å². The Bertz CT molecular complexity index is 580. The van der Waals surface area contributed by atoms with Gasteiger partial charge < -0.3 is 4.48 Å². The SMILES string of the molecule is CC[N+](CC)(CC)CC(F)(F)C(F)(F)C(F)(F)C(F)(F)C(F)(F)C(F)(F)C(F)(F)F. The monoisotopic (exact) mass is 484 g/mol. The molecule has 0 aromatic rings. The second-order valence-corrected chi connectivity index (χ2v) is 6.52. The first-order chi connectivity index (χ1) is 12.9. The van der Waals surface area contributed by atoms with Gasteiger partial charge in [0.1, 0.15) is 6.54 Å². The molecule has 0 bridgehead atoms. The van der Waals surface area contributed by atoms with Gasteiger partial charge in [0.15, 0.2) is 0 Å². The van der Waals surface area contributed by atoms with Gasteiger partial charge in [-0.3, -0.25) is 0 Å². The quantitative estimate of drug-likeness (QED) is 0.255. The molecule has 0 spiro atoms. The molecule has 0 N–H and O–H groups in total. The maximum absolute atomic E-state index is 14.0. The first-order valence-corrected chi connectivity index (χ1v) is 8.07. The zero-order valence-electron chi connectivity index (χ0n) is 15.4. The predicted octanol–water partition coefficient (Wildman–Crippen LogP) is 6.24. The maximum Gasteiger partial charge on any atom is 0.460 e. The third-order valence-electron chi connectivity index (χ3n) is 4.94. The van der Waals surface area contributed by atoms with Gasteiger partial charge in [0, 0.05) is 0 Å². The van der Waals surface area contributed by atoms with Gasteiger partial charge in [-0.2, -0.15) is 65.9 Å². The van der Waals surface area contributed by atoms with Crippen LogP contribution < -0.4 is 0 Å². The number of hydrogen-bond acceptors (Lipinski definition) is 0. The summed E-state index contributed by atoms with van der Waals surface area (Å²) < 4.78 is 196. The van der Waals surface area contributed by atoms with Crippen molar-refractivity contribution in [3.8, 4) is 0 Å². The molecular formula is C14H17F15N+. The lowest BCUT2D eigenvalue weighted by atomic mass is 9.90. The van der Waals surface area contributed by atoms with Gasteiger partial charge in [0.2, 0.25) is 0 Å². The van der Waals surface area contributed by atoms with Gasteiger partial charge in [-0.1, -0.05) is 0 Å². The molecule has 0 aliphatic heterocycles. The molecule has 0 fully saturated rings. The Morgan fingerprint density at radius 2 is 0.700 bits per heavy atom. The number of halogens is 15. The Balaban J connectivity index is 6.55. The van der Waals surface area contributed by atoms with Crippen molar-refractivity contribution in [3.63, 3.8) is 0 Å². The lowest BCUT2D eigenvalue weighted by Gasteiger charge is -2.44. The molecule has 16 heteroatoms. The molecule has 0 amide bonds. The van der Waals surface area contributed by atoms with Gasteiger partial charge >= 0.3 is 41.7 Å². The molecule has 0 unspecified atom stereocenters. The van der Waals surface area contributed by atoms with Crippen molar-refractivity contribution in [1.82, 2.24) is 0 Å². The molecule has 0 radical (unpaired) electrons. The molecule has 0 saturated heterocycles.